The molecule has 1 aliphatic heterocycles. The molecule has 0 spiro atoms. The second kappa shape index (κ2) is 3.77. The molecule has 0 aromatic heterocycles. The number of fused-ring (bicyclic) bond motifs is 1. The van der Waals surface area contributed by atoms with Crippen LogP contribution in [0, 0.1) is 0 Å². The van der Waals surface area contributed by atoms with Gasteiger partial charge in [-0.2, -0.15) is 0 Å². The summed E-state index contributed by atoms with van der Waals surface area (Å²) < 4.78 is 0. The smallest absolute Gasteiger partial charge is 0.317 e. The van der Waals surface area contributed by atoms with Crippen molar-refractivity contribution in [1.29, 1.82) is 0 Å². The Morgan fingerprint density at radius 2 is 2.27 bits per heavy atom. The summed E-state index contributed by atoms with van der Waals surface area (Å²) in [4.78, 5) is 14.1. The summed E-state index contributed by atoms with van der Waals surface area (Å²) in [5.74, 6) is -0.721. The lowest BCUT2D eigenvalue weighted by Gasteiger charge is -2.16. The minimum absolute atomic E-state index is 0.318. The minimum Gasteiger partial charge on any atom is -0.480 e. The quantitative estimate of drug-likeness (QED) is 0.830. The van der Waals surface area contributed by atoms with Crippen LogP contribution in [0.4, 0.5) is 5.69 Å². The molecule has 1 unspecified atom stereocenters. The number of hydrogen-bond donors (Lipinski definition) is 1. The molecule has 1 aromatic rings. The molecule has 0 bridgehead atoms. The maximum absolute atomic E-state index is 10.9. The zero-order chi connectivity index (χ0) is 11.0. The van der Waals surface area contributed by atoms with E-state index in [9.17, 15) is 4.79 Å². The number of benzene rings is 1. The van der Waals surface area contributed by atoms with Gasteiger partial charge < -0.3 is 10.0 Å². The van der Waals surface area contributed by atoms with Gasteiger partial charge in [0.1, 0.15) is 5.25 Å². The van der Waals surface area contributed by atoms with E-state index in [0.717, 1.165) is 10.6 Å². The molecule has 0 fully saturated rings. The normalized spacial score (nSPS) is 18.7. The first-order chi connectivity index (χ1) is 7.09. The van der Waals surface area contributed by atoms with Gasteiger partial charge in [-0.15, -0.1) is 11.8 Å². The number of anilines is 1. The Hall–Kier alpha value is -1.16. The summed E-state index contributed by atoms with van der Waals surface area (Å²) in [6.45, 7) is 0. The van der Waals surface area contributed by atoms with E-state index in [4.69, 9.17) is 5.11 Å². The number of hydrogen-bond acceptors (Lipinski definition) is 3. The van der Waals surface area contributed by atoms with E-state index in [1.807, 2.05) is 37.2 Å². The summed E-state index contributed by atoms with van der Waals surface area (Å²) in [5.41, 5.74) is 2.30. The van der Waals surface area contributed by atoms with Crippen LogP contribution >= 0.6 is 11.8 Å². The van der Waals surface area contributed by atoms with Gasteiger partial charge in [-0.3, -0.25) is 4.79 Å². The van der Waals surface area contributed by atoms with Gasteiger partial charge in [0.05, 0.1) is 0 Å². The lowest BCUT2D eigenvalue weighted by atomic mass is 10.1. The molecule has 0 saturated heterocycles. The fraction of sp³-hybridized carbons (Fsp3) is 0.364. The number of carboxylic acid groups (broad SMARTS) is 1. The van der Waals surface area contributed by atoms with Crippen molar-refractivity contribution < 1.29 is 9.90 Å². The summed E-state index contributed by atoms with van der Waals surface area (Å²) in [5, 5.41) is 8.66. The molecule has 1 aliphatic rings. The molecule has 1 atom stereocenters. The van der Waals surface area contributed by atoms with E-state index in [-0.39, 0.29) is 5.25 Å². The molecule has 3 nitrogen and oxygen atoms in total. The molecule has 4 heteroatoms. The standard InChI is InChI=1S/C11H13NO2S/c1-12(2)8-4-3-5-9-7(8)6-10(15-9)11(13)14/h3-5,10H,6H2,1-2H3,(H,13,14). The number of aliphatic carboxylic acids is 1. The number of carboxylic acids is 1. The molecule has 15 heavy (non-hydrogen) atoms. The van der Waals surface area contributed by atoms with Crippen molar-refractivity contribution >= 4 is 23.4 Å². The molecule has 1 N–H and O–H groups in total. The molecule has 0 amide bonds. The van der Waals surface area contributed by atoms with Gasteiger partial charge in [0.15, 0.2) is 0 Å². The first kappa shape index (κ1) is 10.4. The van der Waals surface area contributed by atoms with Gasteiger partial charge in [-0.25, -0.2) is 0 Å². The molecule has 1 heterocycles. The van der Waals surface area contributed by atoms with Gasteiger partial charge >= 0.3 is 5.97 Å². The van der Waals surface area contributed by atoms with Gasteiger partial charge in [-0.1, -0.05) is 6.07 Å². The second-order valence-corrected chi connectivity index (χ2v) is 5.04. The Balaban J connectivity index is 2.37. The molecule has 0 aliphatic carbocycles. The van der Waals surface area contributed by atoms with E-state index in [2.05, 4.69) is 0 Å². The SMILES string of the molecule is CN(C)c1cccc2c1CC(C(=O)O)S2. The number of carbonyl (C=O) groups is 1. The highest BCUT2D eigenvalue weighted by atomic mass is 32.2. The third kappa shape index (κ3) is 1.81. The average Bonchev–Trinajstić information content (AvgIpc) is 2.60. The number of rotatable bonds is 2. The predicted molar refractivity (Wildman–Crippen MR) is 61.8 cm³/mol. The van der Waals surface area contributed by atoms with Crippen LogP contribution in [-0.2, 0) is 11.2 Å². The Morgan fingerprint density at radius 1 is 1.53 bits per heavy atom. The van der Waals surface area contributed by atoms with Gasteiger partial charge in [0.2, 0.25) is 0 Å². The van der Waals surface area contributed by atoms with Crippen molar-refractivity contribution in [2.24, 2.45) is 0 Å². The van der Waals surface area contributed by atoms with Crippen LogP contribution in [0.25, 0.3) is 0 Å². The average molecular weight is 223 g/mol. The monoisotopic (exact) mass is 223 g/mol. The van der Waals surface area contributed by atoms with Crippen LogP contribution in [-0.4, -0.2) is 30.4 Å². The molecular weight excluding hydrogens is 210 g/mol. The largest absolute Gasteiger partial charge is 0.480 e. The van der Waals surface area contributed by atoms with Gasteiger partial charge in [0.25, 0.3) is 0 Å². The highest BCUT2D eigenvalue weighted by molar-refractivity contribution is 8.01. The number of thioether (sulfide) groups is 1. The lowest BCUT2D eigenvalue weighted by molar-refractivity contribution is -0.136. The Kier molecular flexibility index (Phi) is 2.61. The summed E-state index contributed by atoms with van der Waals surface area (Å²) in [6, 6.07) is 6.00. The fourth-order valence-corrected chi connectivity index (χ4v) is 2.95. The zero-order valence-corrected chi connectivity index (χ0v) is 9.54. The van der Waals surface area contributed by atoms with Crippen molar-refractivity contribution in [3.8, 4) is 0 Å². The van der Waals surface area contributed by atoms with Crippen LogP contribution in [0.3, 0.4) is 0 Å². The molecule has 80 valence electrons. The summed E-state index contributed by atoms with van der Waals surface area (Å²) in [7, 11) is 3.96. The van der Waals surface area contributed by atoms with E-state index < -0.39 is 5.97 Å². The highest BCUT2D eigenvalue weighted by Gasteiger charge is 2.29. The van der Waals surface area contributed by atoms with E-state index in [0.29, 0.717) is 6.42 Å². The molecule has 2 rings (SSSR count). The maximum Gasteiger partial charge on any atom is 0.317 e. The lowest BCUT2D eigenvalue weighted by Crippen LogP contribution is -2.16. The molecular formula is C11H13NO2S. The van der Waals surface area contributed by atoms with Crippen LogP contribution in [0.15, 0.2) is 23.1 Å². The molecule has 1 aromatic carbocycles. The Morgan fingerprint density at radius 3 is 2.87 bits per heavy atom. The van der Waals surface area contributed by atoms with Gasteiger partial charge in [-0.05, 0) is 24.1 Å². The summed E-state index contributed by atoms with van der Waals surface area (Å²) >= 11 is 1.45. The van der Waals surface area contributed by atoms with Crippen molar-refractivity contribution in [3.63, 3.8) is 0 Å². The molecule has 0 saturated carbocycles. The first-order valence-electron chi connectivity index (χ1n) is 4.78. The fourth-order valence-electron chi connectivity index (χ4n) is 1.81. The zero-order valence-electron chi connectivity index (χ0n) is 8.73. The van der Waals surface area contributed by atoms with Crippen molar-refractivity contribution in [1.82, 2.24) is 0 Å². The maximum atomic E-state index is 10.9. The van der Waals surface area contributed by atoms with E-state index in [1.54, 1.807) is 0 Å². The van der Waals surface area contributed by atoms with E-state index in [1.165, 1.54) is 17.3 Å². The molecule has 0 radical (unpaired) electrons. The Labute approximate surface area is 93.1 Å². The number of nitrogens with zero attached hydrogens (tertiary/aromatic N) is 1. The van der Waals surface area contributed by atoms with Crippen molar-refractivity contribution in [2.45, 2.75) is 16.6 Å². The third-order valence-electron chi connectivity index (χ3n) is 2.52. The van der Waals surface area contributed by atoms with Crippen LogP contribution in [0.5, 0.6) is 0 Å². The third-order valence-corrected chi connectivity index (χ3v) is 3.81. The van der Waals surface area contributed by atoms with E-state index >= 15 is 0 Å². The van der Waals surface area contributed by atoms with Crippen molar-refractivity contribution in [3.05, 3.63) is 23.8 Å². The van der Waals surface area contributed by atoms with Crippen LogP contribution < -0.4 is 4.90 Å². The van der Waals surface area contributed by atoms with Crippen molar-refractivity contribution in [2.75, 3.05) is 19.0 Å². The highest BCUT2D eigenvalue weighted by Crippen LogP contribution is 2.41. The summed E-state index contributed by atoms with van der Waals surface area (Å²) in [6.07, 6.45) is 0.629. The topological polar surface area (TPSA) is 40.5 Å². The van der Waals surface area contributed by atoms with Crippen LogP contribution in [0.1, 0.15) is 5.56 Å². The minimum atomic E-state index is -0.721. The first-order valence-corrected chi connectivity index (χ1v) is 5.66. The Bertz CT molecular complexity index is 404. The van der Waals surface area contributed by atoms with Crippen LogP contribution in [0.2, 0.25) is 0 Å². The predicted octanol–water partition coefficient (Wildman–Crippen LogP) is 1.85. The van der Waals surface area contributed by atoms with Gasteiger partial charge in [0, 0.05) is 24.7 Å². The second-order valence-electron chi connectivity index (χ2n) is 3.80.